The highest BCUT2D eigenvalue weighted by Gasteiger charge is 2.34. The van der Waals surface area contributed by atoms with Crippen molar-refractivity contribution in [2.45, 2.75) is 51.1 Å². The van der Waals surface area contributed by atoms with Crippen molar-refractivity contribution in [1.29, 1.82) is 0 Å². The van der Waals surface area contributed by atoms with E-state index in [1.54, 1.807) is 0 Å². The third-order valence-electron chi connectivity index (χ3n) is 6.90. The van der Waals surface area contributed by atoms with Crippen molar-refractivity contribution in [3.8, 4) is 0 Å². The first-order chi connectivity index (χ1) is 15.1. The number of benzene rings is 2. The fourth-order valence-electron chi connectivity index (χ4n) is 5.15. The number of hydrogen-bond acceptors (Lipinski definition) is 3. The van der Waals surface area contributed by atoms with Crippen LogP contribution < -0.4 is 5.73 Å². The Morgan fingerprint density at radius 1 is 0.806 bits per heavy atom. The number of carbonyl (C=O) groups is 2. The van der Waals surface area contributed by atoms with Gasteiger partial charge in [-0.15, -0.1) is 0 Å². The molecule has 2 fully saturated rings. The molecule has 2 aliphatic heterocycles. The summed E-state index contributed by atoms with van der Waals surface area (Å²) < 4.78 is 0. The van der Waals surface area contributed by atoms with E-state index in [0.29, 0.717) is 17.5 Å². The number of rotatable bonds is 5. The van der Waals surface area contributed by atoms with Gasteiger partial charge >= 0.3 is 0 Å². The number of nitrogens with two attached hydrogens (primary N) is 1. The van der Waals surface area contributed by atoms with Crippen LogP contribution in [0.1, 0.15) is 64.8 Å². The lowest BCUT2D eigenvalue weighted by molar-refractivity contribution is 0.0515. The van der Waals surface area contributed by atoms with E-state index in [-0.39, 0.29) is 11.8 Å². The predicted octanol–water partition coefficient (Wildman–Crippen LogP) is 4.08. The van der Waals surface area contributed by atoms with Gasteiger partial charge in [-0.2, -0.15) is 0 Å². The van der Waals surface area contributed by atoms with Gasteiger partial charge in [0, 0.05) is 30.3 Å². The minimum Gasteiger partial charge on any atom is -0.366 e. The van der Waals surface area contributed by atoms with E-state index in [0.717, 1.165) is 57.4 Å². The summed E-state index contributed by atoms with van der Waals surface area (Å²) in [7, 11) is 0. The molecule has 0 spiro atoms. The first-order valence-electron chi connectivity index (χ1n) is 11.6. The van der Waals surface area contributed by atoms with Crippen molar-refractivity contribution in [2.75, 3.05) is 19.6 Å². The molecule has 0 unspecified atom stereocenters. The van der Waals surface area contributed by atoms with Crippen LogP contribution in [0.3, 0.4) is 0 Å². The van der Waals surface area contributed by atoms with Gasteiger partial charge < -0.3 is 10.6 Å². The summed E-state index contributed by atoms with van der Waals surface area (Å²) in [4.78, 5) is 29.2. The minimum atomic E-state index is -0.384. The second-order valence-electron chi connectivity index (χ2n) is 8.96. The summed E-state index contributed by atoms with van der Waals surface area (Å²) in [5.74, 6) is 0.383. The maximum absolute atomic E-state index is 13.3. The fraction of sp³-hybridized carbons (Fsp3) is 0.462. The Hall–Kier alpha value is -2.66. The molecule has 1 atom stereocenters. The van der Waals surface area contributed by atoms with Gasteiger partial charge in [0.25, 0.3) is 5.91 Å². The van der Waals surface area contributed by atoms with Crippen molar-refractivity contribution in [1.82, 2.24) is 9.80 Å². The normalized spacial score (nSPS) is 20.9. The molecule has 2 heterocycles. The van der Waals surface area contributed by atoms with Crippen LogP contribution in [0, 0.1) is 5.92 Å². The maximum atomic E-state index is 13.3. The molecule has 164 valence electrons. The van der Waals surface area contributed by atoms with Crippen LogP contribution >= 0.6 is 0 Å². The van der Waals surface area contributed by atoms with E-state index in [1.807, 2.05) is 54.6 Å². The van der Waals surface area contributed by atoms with E-state index < -0.39 is 0 Å². The predicted molar refractivity (Wildman–Crippen MR) is 123 cm³/mol. The van der Waals surface area contributed by atoms with E-state index in [9.17, 15) is 9.59 Å². The Balaban J connectivity index is 1.37. The van der Waals surface area contributed by atoms with Crippen molar-refractivity contribution in [3.63, 3.8) is 0 Å². The Labute approximate surface area is 185 Å². The molecule has 2 aromatic rings. The number of carbonyl (C=O) groups excluding carboxylic acids is 2. The van der Waals surface area contributed by atoms with Crippen LogP contribution in [0.2, 0.25) is 0 Å². The molecule has 5 heteroatoms. The number of hydrogen-bond donors (Lipinski definition) is 1. The largest absolute Gasteiger partial charge is 0.366 e. The molecule has 2 aliphatic rings. The molecule has 0 radical (unpaired) electrons. The SMILES string of the molecule is NC(=O)c1ccc(CN2CCC([C@@H]3CCCCCN3C(=O)c3ccccc3)CC2)cc1. The van der Waals surface area contributed by atoms with Gasteiger partial charge in [-0.05, 0) is 74.5 Å². The van der Waals surface area contributed by atoms with Crippen molar-refractivity contribution in [3.05, 3.63) is 71.3 Å². The number of primary amides is 1. The molecule has 0 saturated carbocycles. The molecule has 0 aromatic heterocycles. The minimum absolute atomic E-state index is 0.199. The highest BCUT2D eigenvalue weighted by molar-refractivity contribution is 5.94. The van der Waals surface area contributed by atoms with Crippen LogP contribution in [0.5, 0.6) is 0 Å². The average Bonchev–Trinajstić information content (AvgIpc) is 3.06. The van der Waals surface area contributed by atoms with Crippen LogP contribution in [-0.2, 0) is 6.54 Å². The standard InChI is InChI=1S/C26H33N3O2/c27-25(30)22-12-10-20(11-13-22)19-28-17-14-21(15-18-28)24-9-5-2-6-16-29(24)26(31)23-7-3-1-4-8-23/h1,3-4,7-8,10-13,21,24H,2,5-6,9,14-19H2,(H2,27,30)/t24-/m0/s1. The molecule has 2 N–H and O–H groups in total. The third kappa shape index (κ3) is 5.34. The van der Waals surface area contributed by atoms with Crippen LogP contribution in [0.25, 0.3) is 0 Å². The van der Waals surface area contributed by atoms with E-state index in [1.165, 1.54) is 18.4 Å². The van der Waals surface area contributed by atoms with Gasteiger partial charge in [0.15, 0.2) is 0 Å². The van der Waals surface area contributed by atoms with Crippen molar-refractivity contribution in [2.24, 2.45) is 11.7 Å². The summed E-state index contributed by atoms with van der Waals surface area (Å²) in [6, 6.07) is 17.7. The zero-order valence-corrected chi connectivity index (χ0v) is 18.2. The average molecular weight is 420 g/mol. The lowest BCUT2D eigenvalue weighted by Gasteiger charge is -2.41. The molecule has 2 saturated heterocycles. The topological polar surface area (TPSA) is 66.6 Å². The maximum Gasteiger partial charge on any atom is 0.254 e. The third-order valence-corrected chi connectivity index (χ3v) is 6.90. The highest BCUT2D eigenvalue weighted by Crippen LogP contribution is 2.31. The Kier molecular flexibility index (Phi) is 7.03. The first-order valence-corrected chi connectivity index (χ1v) is 11.6. The van der Waals surface area contributed by atoms with Gasteiger partial charge in [0.2, 0.25) is 5.91 Å². The molecule has 0 aliphatic carbocycles. The quantitative estimate of drug-likeness (QED) is 0.794. The smallest absolute Gasteiger partial charge is 0.254 e. The fourth-order valence-corrected chi connectivity index (χ4v) is 5.15. The molecular formula is C26H33N3O2. The molecule has 5 nitrogen and oxygen atoms in total. The van der Waals surface area contributed by atoms with Gasteiger partial charge in [-0.25, -0.2) is 0 Å². The van der Waals surface area contributed by atoms with E-state index >= 15 is 0 Å². The Morgan fingerprint density at radius 2 is 1.52 bits per heavy atom. The first kappa shape index (κ1) is 21.6. The number of amides is 2. The van der Waals surface area contributed by atoms with Crippen LogP contribution in [0.15, 0.2) is 54.6 Å². The lowest BCUT2D eigenvalue weighted by atomic mass is 9.85. The molecule has 0 bridgehead atoms. The molecule has 2 aromatic carbocycles. The number of likely N-dealkylation sites (tertiary alicyclic amines) is 2. The Bertz CT molecular complexity index is 873. The van der Waals surface area contributed by atoms with Gasteiger partial charge in [0.05, 0.1) is 0 Å². The zero-order chi connectivity index (χ0) is 21.6. The second kappa shape index (κ2) is 10.1. The number of piperidine rings is 1. The Morgan fingerprint density at radius 3 is 2.19 bits per heavy atom. The van der Waals surface area contributed by atoms with Gasteiger partial charge in [-0.1, -0.05) is 43.2 Å². The van der Waals surface area contributed by atoms with E-state index in [2.05, 4.69) is 9.80 Å². The van der Waals surface area contributed by atoms with Gasteiger partial charge in [0.1, 0.15) is 0 Å². The second-order valence-corrected chi connectivity index (χ2v) is 8.96. The summed E-state index contributed by atoms with van der Waals surface area (Å²) in [5.41, 5.74) is 7.91. The molecule has 4 rings (SSSR count). The van der Waals surface area contributed by atoms with Crippen LogP contribution in [0.4, 0.5) is 0 Å². The van der Waals surface area contributed by atoms with Crippen molar-refractivity contribution < 1.29 is 9.59 Å². The van der Waals surface area contributed by atoms with Gasteiger partial charge in [-0.3, -0.25) is 14.5 Å². The zero-order valence-electron chi connectivity index (χ0n) is 18.2. The molecule has 31 heavy (non-hydrogen) atoms. The summed E-state index contributed by atoms with van der Waals surface area (Å²) in [6.45, 7) is 3.87. The summed E-state index contributed by atoms with van der Waals surface area (Å²) in [5, 5.41) is 0. The monoisotopic (exact) mass is 419 g/mol. The molecular weight excluding hydrogens is 386 g/mol. The highest BCUT2D eigenvalue weighted by atomic mass is 16.2. The lowest BCUT2D eigenvalue weighted by Crippen LogP contribution is -2.47. The molecule has 2 amide bonds. The van der Waals surface area contributed by atoms with Crippen molar-refractivity contribution >= 4 is 11.8 Å². The summed E-state index contributed by atoms with van der Waals surface area (Å²) >= 11 is 0. The number of nitrogens with zero attached hydrogens (tertiary/aromatic N) is 2. The van der Waals surface area contributed by atoms with Crippen LogP contribution in [-0.4, -0.2) is 47.3 Å². The van der Waals surface area contributed by atoms with E-state index in [4.69, 9.17) is 5.73 Å². The summed E-state index contributed by atoms with van der Waals surface area (Å²) in [6.07, 6.45) is 6.92.